The number of carbonyl (C=O) groups excluding carboxylic acids is 1. The molecule has 4 nitrogen and oxygen atoms in total. The van der Waals surface area contributed by atoms with E-state index in [9.17, 15) is 4.79 Å². The lowest BCUT2D eigenvalue weighted by Gasteiger charge is -2.08. The van der Waals surface area contributed by atoms with Crippen molar-refractivity contribution in [2.24, 2.45) is 0 Å². The van der Waals surface area contributed by atoms with E-state index in [0.717, 1.165) is 21.3 Å². The van der Waals surface area contributed by atoms with E-state index in [1.165, 1.54) is 6.20 Å². The van der Waals surface area contributed by atoms with Crippen molar-refractivity contribution >= 4 is 27.5 Å². The van der Waals surface area contributed by atoms with Gasteiger partial charge >= 0.3 is 0 Å². The third kappa shape index (κ3) is 2.55. The summed E-state index contributed by atoms with van der Waals surface area (Å²) in [5, 5.41) is 9.18. The molecular weight excluding hydrogens is 282 g/mol. The summed E-state index contributed by atoms with van der Waals surface area (Å²) in [6.45, 7) is 3.98. The monoisotopic (exact) mass is 293 g/mol. The lowest BCUT2D eigenvalue weighted by molar-refractivity contribution is 0.102. The van der Waals surface area contributed by atoms with Gasteiger partial charge in [0.15, 0.2) is 0 Å². The second kappa shape index (κ2) is 4.71. The topological polar surface area (TPSA) is 57.8 Å². The normalized spacial score (nSPS) is 10.3. The highest BCUT2D eigenvalue weighted by molar-refractivity contribution is 9.10. The van der Waals surface area contributed by atoms with Crippen LogP contribution in [0.25, 0.3) is 0 Å². The maximum Gasteiger partial charge on any atom is 0.258 e. The van der Waals surface area contributed by atoms with Crippen LogP contribution in [0.15, 0.2) is 29.0 Å². The van der Waals surface area contributed by atoms with E-state index in [1.54, 1.807) is 6.20 Å². The van der Waals surface area contributed by atoms with Gasteiger partial charge in [-0.25, -0.2) is 0 Å². The highest BCUT2D eigenvalue weighted by atomic mass is 79.9. The number of halogens is 1. The molecule has 0 unspecified atom stereocenters. The molecule has 0 bridgehead atoms. The Morgan fingerprint density at radius 2 is 2.00 bits per heavy atom. The van der Waals surface area contributed by atoms with Crippen molar-refractivity contribution in [3.63, 3.8) is 0 Å². The van der Waals surface area contributed by atoms with Crippen LogP contribution < -0.4 is 5.32 Å². The fourth-order valence-corrected chi connectivity index (χ4v) is 1.83. The Morgan fingerprint density at radius 3 is 2.53 bits per heavy atom. The smallest absolute Gasteiger partial charge is 0.258 e. The average molecular weight is 294 g/mol. The summed E-state index contributed by atoms with van der Waals surface area (Å²) in [6, 6.07) is 3.85. The second-order valence-corrected chi connectivity index (χ2v) is 4.66. The molecule has 88 valence electrons. The zero-order valence-corrected chi connectivity index (χ0v) is 11.1. The van der Waals surface area contributed by atoms with Crippen molar-refractivity contribution in [2.45, 2.75) is 13.8 Å². The third-order valence-electron chi connectivity index (χ3n) is 2.45. The van der Waals surface area contributed by atoms with Gasteiger partial charge in [-0.05, 0) is 37.1 Å². The Bertz CT molecular complexity index is 526. The first-order valence-electron chi connectivity index (χ1n) is 5.15. The van der Waals surface area contributed by atoms with Crippen molar-refractivity contribution in [2.75, 3.05) is 5.32 Å². The van der Waals surface area contributed by atoms with Gasteiger partial charge in [0.2, 0.25) is 0 Å². The molecule has 17 heavy (non-hydrogen) atoms. The number of aromatic amines is 1. The number of amides is 1. The Kier molecular flexibility index (Phi) is 3.28. The second-order valence-electron chi connectivity index (χ2n) is 3.87. The summed E-state index contributed by atoms with van der Waals surface area (Å²) in [5.41, 5.74) is 3.48. The number of hydrogen-bond acceptors (Lipinski definition) is 2. The van der Waals surface area contributed by atoms with Crippen LogP contribution in [0.5, 0.6) is 0 Å². The number of benzene rings is 1. The molecule has 0 atom stereocenters. The van der Waals surface area contributed by atoms with E-state index in [1.807, 2.05) is 26.0 Å². The molecule has 1 heterocycles. The van der Waals surface area contributed by atoms with Gasteiger partial charge in [-0.1, -0.05) is 15.9 Å². The van der Waals surface area contributed by atoms with E-state index in [4.69, 9.17) is 0 Å². The largest absolute Gasteiger partial charge is 0.322 e. The van der Waals surface area contributed by atoms with Crippen molar-refractivity contribution in [1.29, 1.82) is 0 Å². The molecule has 5 heteroatoms. The van der Waals surface area contributed by atoms with E-state index in [0.29, 0.717) is 5.56 Å². The van der Waals surface area contributed by atoms with Gasteiger partial charge < -0.3 is 5.32 Å². The summed E-state index contributed by atoms with van der Waals surface area (Å²) in [6.07, 6.45) is 3.06. The van der Waals surface area contributed by atoms with Gasteiger partial charge in [0.25, 0.3) is 5.91 Å². The minimum absolute atomic E-state index is 0.167. The van der Waals surface area contributed by atoms with Crippen LogP contribution in [-0.2, 0) is 0 Å². The Labute approximate surface area is 108 Å². The molecule has 0 aliphatic carbocycles. The first-order valence-corrected chi connectivity index (χ1v) is 5.94. The molecule has 0 saturated heterocycles. The molecule has 0 fully saturated rings. The lowest BCUT2D eigenvalue weighted by Crippen LogP contribution is -2.11. The van der Waals surface area contributed by atoms with Crippen LogP contribution in [0.3, 0.4) is 0 Å². The van der Waals surface area contributed by atoms with Crippen LogP contribution in [0.4, 0.5) is 5.69 Å². The van der Waals surface area contributed by atoms with Gasteiger partial charge in [-0.15, -0.1) is 0 Å². The van der Waals surface area contributed by atoms with Gasteiger partial charge in [-0.3, -0.25) is 9.89 Å². The first-order chi connectivity index (χ1) is 8.08. The van der Waals surface area contributed by atoms with Crippen LogP contribution in [-0.4, -0.2) is 16.1 Å². The van der Waals surface area contributed by atoms with Gasteiger partial charge in [0, 0.05) is 16.4 Å². The zero-order valence-electron chi connectivity index (χ0n) is 9.54. The average Bonchev–Trinajstić information content (AvgIpc) is 2.79. The van der Waals surface area contributed by atoms with Crippen LogP contribution in [0.1, 0.15) is 21.5 Å². The quantitative estimate of drug-likeness (QED) is 0.894. The number of carbonyl (C=O) groups is 1. The molecule has 0 aliphatic rings. The molecule has 1 aromatic heterocycles. The molecule has 0 radical (unpaired) electrons. The van der Waals surface area contributed by atoms with Crippen molar-refractivity contribution in [1.82, 2.24) is 10.2 Å². The number of H-pyrrole nitrogens is 1. The summed E-state index contributed by atoms with van der Waals surface area (Å²) >= 11 is 3.49. The van der Waals surface area contributed by atoms with Crippen LogP contribution >= 0.6 is 15.9 Å². The predicted molar refractivity (Wildman–Crippen MR) is 70.2 cm³/mol. The fourth-order valence-electron chi connectivity index (χ4n) is 1.60. The Balaban J connectivity index is 2.22. The minimum Gasteiger partial charge on any atom is -0.322 e. The predicted octanol–water partition coefficient (Wildman–Crippen LogP) is 3.04. The number of aryl methyl sites for hydroxylation is 2. The van der Waals surface area contributed by atoms with Crippen molar-refractivity contribution < 1.29 is 4.79 Å². The third-order valence-corrected chi connectivity index (χ3v) is 3.71. The number of nitrogens with one attached hydrogen (secondary N) is 2. The molecule has 1 aromatic carbocycles. The molecule has 2 N–H and O–H groups in total. The van der Waals surface area contributed by atoms with Crippen LogP contribution in [0, 0.1) is 13.8 Å². The number of nitrogens with zero attached hydrogens (tertiary/aromatic N) is 1. The van der Waals surface area contributed by atoms with Crippen molar-refractivity contribution in [3.8, 4) is 0 Å². The molecule has 2 rings (SSSR count). The van der Waals surface area contributed by atoms with Gasteiger partial charge in [0.1, 0.15) is 0 Å². The summed E-state index contributed by atoms with van der Waals surface area (Å²) in [7, 11) is 0. The molecule has 2 aromatic rings. The van der Waals surface area contributed by atoms with Crippen molar-refractivity contribution in [3.05, 3.63) is 45.7 Å². The number of anilines is 1. The van der Waals surface area contributed by atoms with Gasteiger partial charge in [-0.2, -0.15) is 5.10 Å². The Hall–Kier alpha value is -1.62. The van der Waals surface area contributed by atoms with E-state index < -0.39 is 0 Å². The standard InChI is InChI=1S/C12H12BrN3O/c1-7-3-10(4-8(2)11(7)13)16-12(17)9-5-14-15-6-9/h3-6H,1-2H3,(H,14,15)(H,16,17). The summed E-state index contributed by atoms with van der Waals surface area (Å²) < 4.78 is 1.07. The minimum atomic E-state index is -0.167. The molecule has 0 aliphatic heterocycles. The van der Waals surface area contributed by atoms with E-state index in [2.05, 4.69) is 31.4 Å². The maximum atomic E-state index is 11.8. The van der Waals surface area contributed by atoms with E-state index in [-0.39, 0.29) is 5.91 Å². The maximum absolute atomic E-state index is 11.8. The SMILES string of the molecule is Cc1cc(NC(=O)c2cn[nH]c2)cc(C)c1Br. The number of rotatable bonds is 2. The first kappa shape index (κ1) is 11.9. The summed E-state index contributed by atoms with van der Waals surface area (Å²) in [4.78, 5) is 11.8. The lowest BCUT2D eigenvalue weighted by atomic mass is 10.1. The Morgan fingerprint density at radius 1 is 1.35 bits per heavy atom. The van der Waals surface area contributed by atoms with E-state index >= 15 is 0 Å². The fraction of sp³-hybridized carbons (Fsp3) is 0.167. The highest BCUT2D eigenvalue weighted by Gasteiger charge is 2.08. The number of aromatic nitrogens is 2. The summed E-state index contributed by atoms with van der Waals surface area (Å²) in [5.74, 6) is -0.167. The van der Waals surface area contributed by atoms with Gasteiger partial charge in [0.05, 0.1) is 11.8 Å². The molecule has 1 amide bonds. The highest BCUT2D eigenvalue weighted by Crippen LogP contribution is 2.25. The molecule has 0 spiro atoms. The molecule has 0 saturated carbocycles. The zero-order chi connectivity index (χ0) is 12.4. The molecular formula is C12H12BrN3O. The number of hydrogen-bond donors (Lipinski definition) is 2. The van der Waals surface area contributed by atoms with Crippen LogP contribution in [0.2, 0.25) is 0 Å².